The molecule has 0 atom stereocenters. The molecule has 2 heterocycles. The van der Waals surface area contributed by atoms with Gasteiger partial charge in [0, 0.05) is 37.3 Å². The van der Waals surface area contributed by atoms with E-state index in [-0.39, 0.29) is 5.91 Å². The van der Waals surface area contributed by atoms with Crippen molar-refractivity contribution >= 4 is 22.5 Å². The first-order chi connectivity index (χ1) is 12.9. The lowest BCUT2D eigenvalue weighted by atomic mass is 10.1. The number of rotatable bonds is 2. The summed E-state index contributed by atoms with van der Waals surface area (Å²) < 4.78 is 38.7. The number of fused-ring (bicyclic) bond motifs is 1. The number of aromatic nitrogens is 2. The maximum atomic E-state index is 12.9. The average Bonchev–Trinajstić information content (AvgIpc) is 3.11. The van der Waals surface area contributed by atoms with Gasteiger partial charge in [0.05, 0.1) is 11.1 Å². The van der Waals surface area contributed by atoms with E-state index in [4.69, 9.17) is 0 Å². The summed E-state index contributed by atoms with van der Waals surface area (Å²) in [6, 6.07) is 12.7. The Hall–Kier alpha value is -3.03. The number of hydrogen-bond acceptors (Lipinski definition) is 3. The zero-order chi connectivity index (χ0) is 19.0. The molecule has 1 aromatic heterocycles. The largest absolute Gasteiger partial charge is 0.416 e. The smallest absolute Gasteiger partial charge is 0.368 e. The molecule has 140 valence electrons. The molecule has 0 radical (unpaired) electrons. The van der Waals surface area contributed by atoms with E-state index in [1.807, 2.05) is 29.2 Å². The standard InChI is InChI=1S/C19H17F3N4O/c20-19(21,22)13-4-3-5-14(12-13)25-8-10-26(11-9-25)18(27)17-15-6-1-2-7-16(15)23-24-17/h1-7,12H,8-11H2,(H,23,24). The minimum Gasteiger partial charge on any atom is -0.368 e. The number of alkyl halides is 3. The molecule has 2 aromatic carbocycles. The van der Waals surface area contributed by atoms with E-state index >= 15 is 0 Å². The molecule has 5 nitrogen and oxygen atoms in total. The second-order valence-corrected chi connectivity index (χ2v) is 6.45. The summed E-state index contributed by atoms with van der Waals surface area (Å²) in [4.78, 5) is 16.3. The molecule has 1 aliphatic heterocycles. The van der Waals surface area contributed by atoms with Crippen molar-refractivity contribution in [2.75, 3.05) is 31.1 Å². The number of nitrogens with one attached hydrogen (secondary N) is 1. The van der Waals surface area contributed by atoms with Gasteiger partial charge in [0.25, 0.3) is 5.91 Å². The van der Waals surface area contributed by atoms with Crippen LogP contribution in [0.3, 0.4) is 0 Å². The fourth-order valence-corrected chi connectivity index (χ4v) is 3.32. The summed E-state index contributed by atoms with van der Waals surface area (Å²) in [6.07, 6.45) is -4.37. The molecular formula is C19H17F3N4O. The highest BCUT2D eigenvalue weighted by molar-refractivity contribution is 6.04. The molecule has 8 heteroatoms. The molecule has 27 heavy (non-hydrogen) atoms. The fraction of sp³-hybridized carbons (Fsp3) is 0.263. The van der Waals surface area contributed by atoms with Crippen LogP contribution in [0.15, 0.2) is 48.5 Å². The number of carbonyl (C=O) groups is 1. The monoisotopic (exact) mass is 374 g/mol. The van der Waals surface area contributed by atoms with Gasteiger partial charge >= 0.3 is 6.18 Å². The van der Waals surface area contributed by atoms with Gasteiger partial charge in [-0.2, -0.15) is 18.3 Å². The van der Waals surface area contributed by atoms with Crippen LogP contribution < -0.4 is 4.90 Å². The number of para-hydroxylation sites is 1. The third-order valence-corrected chi connectivity index (χ3v) is 4.78. The number of amides is 1. The van der Waals surface area contributed by atoms with Crippen LogP contribution >= 0.6 is 0 Å². The zero-order valence-corrected chi connectivity index (χ0v) is 14.3. The van der Waals surface area contributed by atoms with Crippen LogP contribution in [-0.4, -0.2) is 47.2 Å². The Morgan fingerprint density at radius 1 is 1.00 bits per heavy atom. The van der Waals surface area contributed by atoms with Crippen LogP contribution in [0.2, 0.25) is 0 Å². The van der Waals surface area contributed by atoms with E-state index in [1.165, 1.54) is 6.07 Å². The van der Waals surface area contributed by atoms with E-state index in [2.05, 4.69) is 10.2 Å². The first kappa shape index (κ1) is 17.4. The number of halogens is 3. The first-order valence-electron chi connectivity index (χ1n) is 8.58. The molecule has 3 aromatic rings. The van der Waals surface area contributed by atoms with Crippen molar-refractivity contribution in [2.24, 2.45) is 0 Å². The summed E-state index contributed by atoms with van der Waals surface area (Å²) >= 11 is 0. The molecule has 4 rings (SSSR count). The molecule has 1 saturated heterocycles. The molecule has 0 aliphatic carbocycles. The van der Waals surface area contributed by atoms with Gasteiger partial charge in [-0.25, -0.2) is 0 Å². The summed E-state index contributed by atoms with van der Waals surface area (Å²) in [5, 5.41) is 7.75. The summed E-state index contributed by atoms with van der Waals surface area (Å²) in [5.41, 5.74) is 1.02. The maximum absolute atomic E-state index is 12.9. The van der Waals surface area contributed by atoms with Gasteiger partial charge in [-0.05, 0) is 24.3 Å². The normalized spacial score (nSPS) is 15.4. The Morgan fingerprint density at radius 3 is 2.48 bits per heavy atom. The summed E-state index contributed by atoms with van der Waals surface area (Å²) in [6.45, 7) is 1.79. The maximum Gasteiger partial charge on any atom is 0.416 e. The van der Waals surface area contributed by atoms with Crippen LogP contribution in [0, 0.1) is 0 Å². The number of aromatic amines is 1. The highest BCUT2D eigenvalue weighted by atomic mass is 19.4. The van der Waals surface area contributed by atoms with Gasteiger partial charge < -0.3 is 9.80 Å². The third-order valence-electron chi connectivity index (χ3n) is 4.78. The van der Waals surface area contributed by atoms with Crippen molar-refractivity contribution in [3.05, 3.63) is 59.8 Å². The van der Waals surface area contributed by atoms with Crippen molar-refractivity contribution in [2.45, 2.75) is 6.18 Å². The van der Waals surface area contributed by atoms with Crippen molar-refractivity contribution in [3.63, 3.8) is 0 Å². The van der Waals surface area contributed by atoms with Crippen molar-refractivity contribution in [3.8, 4) is 0 Å². The number of anilines is 1. The molecule has 1 fully saturated rings. The number of H-pyrrole nitrogens is 1. The number of carbonyl (C=O) groups excluding carboxylic acids is 1. The third kappa shape index (κ3) is 3.34. The zero-order valence-electron chi connectivity index (χ0n) is 14.3. The highest BCUT2D eigenvalue weighted by Gasteiger charge is 2.31. The van der Waals surface area contributed by atoms with Crippen LogP contribution in [0.5, 0.6) is 0 Å². The minimum atomic E-state index is -4.37. The first-order valence-corrected chi connectivity index (χ1v) is 8.58. The Kier molecular flexibility index (Phi) is 4.25. The molecule has 0 saturated carbocycles. The Balaban J connectivity index is 1.47. The Bertz CT molecular complexity index is 974. The van der Waals surface area contributed by atoms with Crippen LogP contribution in [0.4, 0.5) is 18.9 Å². The molecule has 0 unspecified atom stereocenters. The molecule has 1 amide bonds. The molecule has 1 aliphatic rings. The molecular weight excluding hydrogens is 357 g/mol. The predicted molar refractivity (Wildman–Crippen MR) is 95.7 cm³/mol. The number of piperazine rings is 1. The Morgan fingerprint density at radius 2 is 1.74 bits per heavy atom. The number of nitrogens with zero attached hydrogens (tertiary/aromatic N) is 3. The number of hydrogen-bond donors (Lipinski definition) is 1. The van der Waals surface area contributed by atoms with E-state index in [0.717, 1.165) is 23.0 Å². The lowest BCUT2D eigenvalue weighted by Gasteiger charge is -2.36. The quantitative estimate of drug-likeness (QED) is 0.747. The van der Waals surface area contributed by atoms with Crippen molar-refractivity contribution < 1.29 is 18.0 Å². The SMILES string of the molecule is O=C(c1n[nH]c2ccccc12)N1CCN(c2cccc(C(F)(F)F)c2)CC1. The minimum absolute atomic E-state index is 0.170. The highest BCUT2D eigenvalue weighted by Crippen LogP contribution is 2.32. The van der Waals surface area contributed by atoms with Gasteiger partial charge in [0.2, 0.25) is 0 Å². The second kappa shape index (κ2) is 6.61. The van der Waals surface area contributed by atoms with Crippen molar-refractivity contribution in [1.82, 2.24) is 15.1 Å². The lowest BCUT2D eigenvalue weighted by molar-refractivity contribution is -0.137. The van der Waals surface area contributed by atoms with Crippen LogP contribution in [0.25, 0.3) is 10.9 Å². The second-order valence-electron chi connectivity index (χ2n) is 6.45. The predicted octanol–water partition coefficient (Wildman–Crippen LogP) is 3.54. The Labute approximate surface area is 153 Å². The van der Waals surface area contributed by atoms with Crippen LogP contribution in [0.1, 0.15) is 16.1 Å². The topological polar surface area (TPSA) is 52.2 Å². The van der Waals surface area contributed by atoms with Crippen molar-refractivity contribution in [1.29, 1.82) is 0 Å². The van der Waals surface area contributed by atoms with Gasteiger partial charge in [0.1, 0.15) is 0 Å². The average molecular weight is 374 g/mol. The van der Waals surface area contributed by atoms with Gasteiger partial charge in [-0.15, -0.1) is 0 Å². The number of benzene rings is 2. The van der Waals surface area contributed by atoms with Gasteiger partial charge in [-0.1, -0.05) is 24.3 Å². The summed E-state index contributed by atoms with van der Waals surface area (Å²) in [7, 11) is 0. The molecule has 0 bridgehead atoms. The van der Waals surface area contributed by atoms with Gasteiger partial charge in [0.15, 0.2) is 5.69 Å². The van der Waals surface area contributed by atoms with E-state index in [9.17, 15) is 18.0 Å². The molecule has 1 N–H and O–H groups in total. The van der Waals surface area contributed by atoms with Crippen LogP contribution in [-0.2, 0) is 6.18 Å². The summed E-state index contributed by atoms with van der Waals surface area (Å²) in [5.74, 6) is -0.170. The fourth-order valence-electron chi connectivity index (χ4n) is 3.32. The van der Waals surface area contributed by atoms with E-state index in [0.29, 0.717) is 37.6 Å². The van der Waals surface area contributed by atoms with E-state index < -0.39 is 11.7 Å². The molecule has 0 spiro atoms. The van der Waals surface area contributed by atoms with E-state index in [1.54, 1.807) is 11.0 Å². The van der Waals surface area contributed by atoms with Gasteiger partial charge in [-0.3, -0.25) is 9.89 Å². The lowest BCUT2D eigenvalue weighted by Crippen LogP contribution is -2.49.